The summed E-state index contributed by atoms with van der Waals surface area (Å²) in [5.41, 5.74) is 0.575. The fourth-order valence-electron chi connectivity index (χ4n) is 1.94. The predicted octanol–water partition coefficient (Wildman–Crippen LogP) is 4.05. The van der Waals surface area contributed by atoms with Crippen molar-refractivity contribution in [3.63, 3.8) is 0 Å². The molecule has 21 heavy (non-hydrogen) atoms. The van der Waals surface area contributed by atoms with E-state index in [4.69, 9.17) is 9.15 Å². The van der Waals surface area contributed by atoms with Gasteiger partial charge in [-0.05, 0) is 55.3 Å². The molecule has 0 saturated heterocycles. The Morgan fingerprint density at radius 3 is 2.67 bits per heavy atom. The van der Waals surface area contributed by atoms with Gasteiger partial charge in [0.15, 0.2) is 0 Å². The second kappa shape index (κ2) is 7.27. The van der Waals surface area contributed by atoms with E-state index in [1.165, 1.54) is 6.07 Å². The molecule has 4 heteroatoms. The van der Waals surface area contributed by atoms with Crippen molar-refractivity contribution in [2.45, 2.75) is 33.9 Å². The Morgan fingerprint density at radius 1 is 1.19 bits per heavy atom. The van der Waals surface area contributed by atoms with E-state index in [0.717, 1.165) is 18.1 Å². The molecule has 0 atom stereocenters. The average molecular weight is 291 g/mol. The summed E-state index contributed by atoms with van der Waals surface area (Å²) < 4.78 is 24.4. The zero-order chi connectivity index (χ0) is 15.2. The summed E-state index contributed by atoms with van der Waals surface area (Å²) in [6.07, 6.45) is 0. The molecule has 1 aromatic heterocycles. The monoisotopic (exact) mass is 291 g/mol. The first-order valence-corrected chi connectivity index (χ1v) is 7.22. The van der Waals surface area contributed by atoms with Crippen LogP contribution in [0.2, 0.25) is 0 Å². The summed E-state index contributed by atoms with van der Waals surface area (Å²) in [6.45, 7) is 8.07. The Labute approximate surface area is 125 Å². The number of furan rings is 1. The molecule has 1 heterocycles. The number of halogens is 1. The third-order valence-corrected chi connectivity index (χ3v) is 3.08. The number of ether oxygens (including phenoxy) is 1. The predicted molar refractivity (Wildman–Crippen MR) is 80.7 cm³/mol. The van der Waals surface area contributed by atoms with Gasteiger partial charge in [0, 0.05) is 0 Å². The van der Waals surface area contributed by atoms with Crippen LogP contribution in [0.15, 0.2) is 34.7 Å². The maximum absolute atomic E-state index is 13.2. The van der Waals surface area contributed by atoms with Crippen molar-refractivity contribution in [1.82, 2.24) is 5.32 Å². The van der Waals surface area contributed by atoms with E-state index in [-0.39, 0.29) is 5.82 Å². The van der Waals surface area contributed by atoms with Gasteiger partial charge >= 0.3 is 0 Å². The molecule has 0 saturated carbocycles. The zero-order valence-electron chi connectivity index (χ0n) is 12.8. The lowest BCUT2D eigenvalue weighted by atomic mass is 10.2. The van der Waals surface area contributed by atoms with Crippen molar-refractivity contribution in [1.29, 1.82) is 0 Å². The summed E-state index contributed by atoms with van der Waals surface area (Å²) in [4.78, 5) is 0. The molecular weight excluding hydrogens is 269 g/mol. The van der Waals surface area contributed by atoms with Crippen LogP contribution in [0.3, 0.4) is 0 Å². The van der Waals surface area contributed by atoms with Crippen LogP contribution < -0.4 is 10.1 Å². The van der Waals surface area contributed by atoms with Crippen LogP contribution in [-0.2, 0) is 13.2 Å². The minimum absolute atomic E-state index is 0.223. The molecule has 0 bridgehead atoms. The smallest absolute Gasteiger partial charge is 0.146 e. The van der Waals surface area contributed by atoms with E-state index in [2.05, 4.69) is 19.2 Å². The minimum Gasteiger partial charge on any atom is -0.486 e. The second-order valence-electron chi connectivity index (χ2n) is 5.59. The number of aryl methyl sites for hydroxylation is 1. The summed E-state index contributed by atoms with van der Waals surface area (Å²) in [6, 6.07) is 8.57. The van der Waals surface area contributed by atoms with Gasteiger partial charge in [0.25, 0.3) is 0 Å². The summed E-state index contributed by atoms with van der Waals surface area (Å²) in [7, 11) is 0. The standard InChI is InChI=1S/C17H22FNO2/c1-12(2)9-19-10-15-4-5-16(21-15)11-20-14-6-7-17(18)13(3)8-14/h4-8,12,19H,9-11H2,1-3H3. The summed E-state index contributed by atoms with van der Waals surface area (Å²) >= 11 is 0. The highest BCUT2D eigenvalue weighted by atomic mass is 19.1. The van der Waals surface area contributed by atoms with Crippen LogP contribution in [0.25, 0.3) is 0 Å². The van der Waals surface area contributed by atoms with Crippen LogP contribution in [0.4, 0.5) is 4.39 Å². The normalized spacial score (nSPS) is 11.1. The van der Waals surface area contributed by atoms with Gasteiger partial charge in [-0.25, -0.2) is 4.39 Å². The molecule has 1 aromatic carbocycles. The zero-order valence-corrected chi connectivity index (χ0v) is 12.8. The van der Waals surface area contributed by atoms with Crippen molar-refractivity contribution >= 4 is 0 Å². The molecule has 0 spiro atoms. The summed E-state index contributed by atoms with van der Waals surface area (Å²) in [5, 5.41) is 3.33. The van der Waals surface area contributed by atoms with Crippen LogP contribution >= 0.6 is 0 Å². The van der Waals surface area contributed by atoms with E-state index in [1.54, 1.807) is 19.1 Å². The van der Waals surface area contributed by atoms with E-state index < -0.39 is 0 Å². The number of hydrogen-bond acceptors (Lipinski definition) is 3. The SMILES string of the molecule is Cc1cc(OCc2ccc(CNCC(C)C)o2)ccc1F. The lowest BCUT2D eigenvalue weighted by Gasteiger charge is -2.06. The van der Waals surface area contributed by atoms with Crippen LogP contribution in [0, 0.1) is 18.7 Å². The van der Waals surface area contributed by atoms with Crippen LogP contribution in [0.1, 0.15) is 30.9 Å². The van der Waals surface area contributed by atoms with E-state index in [1.807, 2.05) is 12.1 Å². The van der Waals surface area contributed by atoms with Gasteiger partial charge in [-0.2, -0.15) is 0 Å². The molecule has 0 unspecified atom stereocenters. The maximum Gasteiger partial charge on any atom is 0.146 e. The summed E-state index contributed by atoms with van der Waals surface area (Å²) in [5.74, 6) is 2.69. The van der Waals surface area contributed by atoms with Crippen molar-refractivity contribution < 1.29 is 13.5 Å². The fourth-order valence-corrected chi connectivity index (χ4v) is 1.94. The largest absolute Gasteiger partial charge is 0.486 e. The molecule has 0 radical (unpaired) electrons. The quantitative estimate of drug-likeness (QED) is 0.835. The van der Waals surface area contributed by atoms with Crippen molar-refractivity contribution in [3.05, 3.63) is 53.2 Å². The molecule has 0 fully saturated rings. The third-order valence-electron chi connectivity index (χ3n) is 3.08. The van der Waals surface area contributed by atoms with Gasteiger partial charge in [0.2, 0.25) is 0 Å². The first kappa shape index (κ1) is 15.6. The number of benzene rings is 1. The average Bonchev–Trinajstić information content (AvgIpc) is 2.88. The molecule has 0 amide bonds. The molecular formula is C17H22FNO2. The topological polar surface area (TPSA) is 34.4 Å². The number of rotatable bonds is 7. The maximum atomic E-state index is 13.2. The Bertz CT molecular complexity index is 578. The Kier molecular flexibility index (Phi) is 5.39. The molecule has 3 nitrogen and oxygen atoms in total. The van der Waals surface area contributed by atoms with E-state index in [9.17, 15) is 4.39 Å². The fraction of sp³-hybridized carbons (Fsp3) is 0.412. The highest BCUT2D eigenvalue weighted by molar-refractivity contribution is 5.28. The second-order valence-corrected chi connectivity index (χ2v) is 5.59. The van der Waals surface area contributed by atoms with Gasteiger partial charge in [0.1, 0.15) is 29.7 Å². The first-order chi connectivity index (χ1) is 10.0. The lowest BCUT2D eigenvalue weighted by Crippen LogP contribution is -2.18. The molecule has 2 aromatic rings. The van der Waals surface area contributed by atoms with Gasteiger partial charge in [-0.1, -0.05) is 13.8 Å². The number of hydrogen-bond donors (Lipinski definition) is 1. The van der Waals surface area contributed by atoms with Crippen molar-refractivity contribution in [2.24, 2.45) is 5.92 Å². The van der Waals surface area contributed by atoms with Crippen molar-refractivity contribution in [2.75, 3.05) is 6.54 Å². The molecule has 0 aliphatic rings. The van der Waals surface area contributed by atoms with Crippen LogP contribution in [0.5, 0.6) is 5.75 Å². The van der Waals surface area contributed by atoms with Crippen molar-refractivity contribution in [3.8, 4) is 5.75 Å². The van der Waals surface area contributed by atoms with Crippen LogP contribution in [-0.4, -0.2) is 6.54 Å². The number of nitrogens with one attached hydrogen (secondary N) is 1. The third kappa shape index (κ3) is 4.90. The Balaban J connectivity index is 1.83. The highest BCUT2D eigenvalue weighted by Gasteiger charge is 2.05. The first-order valence-electron chi connectivity index (χ1n) is 7.22. The molecule has 0 aliphatic carbocycles. The van der Waals surface area contributed by atoms with Gasteiger partial charge in [-0.3, -0.25) is 0 Å². The highest BCUT2D eigenvalue weighted by Crippen LogP contribution is 2.18. The minimum atomic E-state index is -0.223. The van der Waals surface area contributed by atoms with Gasteiger partial charge in [0.05, 0.1) is 6.54 Å². The Hall–Kier alpha value is -1.81. The van der Waals surface area contributed by atoms with E-state index in [0.29, 0.717) is 30.4 Å². The van der Waals surface area contributed by atoms with Gasteiger partial charge in [-0.15, -0.1) is 0 Å². The Morgan fingerprint density at radius 2 is 1.95 bits per heavy atom. The molecule has 0 aliphatic heterocycles. The molecule has 1 N–H and O–H groups in total. The molecule has 114 valence electrons. The van der Waals surface area contributed by atoms with Gasteiger partial charge < -0.3 is 14.5 Å². The lowest BCUT2D eigenvalue weighted by molar-refractivity contribution is 0.264. The molecule has 2 rings (SSSR count). The van der Waals surface area contributed by atoms with E-state index >= 15 is 0 Å².